The lowest BCUT2D eigenvalue weighted by atomic mass is 10.0. The summed E-state index contributed by atoms with van der Waals surface area (Å²) < 4.78 is 0.963. The smallest absolute Gasteiger partial charge is 0.224 e. The number of amides is 2. The third kappa shape index (κ3) is 4.12. The van der Waals surface area contributed by atoms with Crippen LogP contribution in [0.15, 0.2) is 12.1 Å². The van der Waals surface area contributed by atoms with Gasteiger partial charge in [-0.25, -0.2) is 4.98 Å². The summed E-state index contributed by atoms with van der Waals surface area (Å²) in [6.07, 6.45) is 6.73. The number of nitrogens with one attached hydrogen (secondary N) is 2. The van der Waals surface area contributed by atoms with Crippen LogP contribution in [0.4, 0.5) is 10.8 Å². The summed E-state index contributed by atoms with van der Waals surface area (Å²) in [6.45, 7) is 3.43. The second kappa shape index (κ2) is 7.30. The van der Waals surface area contributed by atoms with E-state index in [0.717, 1.165) is 33.8 Å². The standard InChI is InChI=1S/C18H23N3O2S/c1-11-9-14(20-16(23)8-7-13-5-3-4-6-13)10-15-17(11)21-18(24-15)19-12(2)22/h9-10,13H,3-8H2,1-2H3,(H,20,23)(H,19,21,22). The molecule has 1 aliphatic carbocycles. The third-order valence-corrected chi connectivity index (χ3v) is 5.42. The molecule has 1 fully saturated rings. The molecule has 0 aliphatic heterocycles. The first-order valence-electron chi connectivity index (χ1n) is 8.50. The van der Waals surface area contributed by atoms with Crippen LogP contribution in [0.2, 0.25) is 0 Å². The van der Waals surface area contributed by atoms with Gasteiger partial charge in [-0.15, -0.1) is 0 Å². The van der Waals surface area contributed by atoms with Gasteiger partial charge in [-0.05, 0) is 37.0 Å². The highest BCUT2D eigenvalue weighted by atomic mass is 32.1. The summed E-state index contributed by atoms with van der Waals surface area (Å²) in [5.41, 5.74) is 2.66. The molecule has 0 bridgehead atoms. The number of anilines is 2. The number of carbonyl (C=O) groups is 2. The molecule has 1 aliphatic rings. The number of hydrogen-bond acceptors (Lipinski definition) is 4. The van der Waals surface area contributed by atoms with Crippen molar-refractivity contribution in [2.24, 2.45) is 5.92 Å². The topological polar surface area (TPSA) is 71.1 Å². The molecule has 24 heavy (non-hydrogen) atoms. The van der Waals surface area contributed by atoms with E-state index in [0.29, 0.717) is 11.6 Å². The number of nitrogens with zero attached hydrogens (tertiary/aromatic N) is 1. The SMILES string of the molecule is CC(=O)Nc1nc2c(C)cc(NC(=O)CCC3CCCC3)cc2s1. The summed E-state index contributed by atoms with van der Waals surface area (Å²) in [6, 6.07) is 3.87. The van der Waals surface area contributed by atoms with E-state index in [-0.39, 0.29) is 11.8 Å². The largest absolute Gasteiger partial charge is 0.326 e. The predicted octanol–water partition coefficient (Wildman–Crippen LogP) is 4.47. The highest BCUT2D eigenvalue weighted by molar-refractivity contribution is 7.22. The van der Waals surface area contributed by atoms with Crippen LogP contribution < -0.4 is 10.6 Å². The summed E-state index contributed by atoms with van der Waals surface area (Å²) in [7, 11) is 0. The summed E-state index contributed by atoms with van der Waals surface area (Å²) >= 11 is 1.42. The van der Waals surface area contributed by atoms with Crippen molar-refractivity contribution in [2.75, 3.05) is 10.6 Å². The van der Waals surface area contributed by atoms with Gasteiger partial charge in [-0.1, -0.05) is 37.0 Å². The van der Waals surface area contributed by atoms with Crippen LogP contribution in [-0.4, -0.2) is 16.8 Å². The Kier molecular flexibility index (Phi) is 5.14. The second-order valence-corrected chi connectivity index (χ2v) is 7.61. The lowest BCUT2D eigenvalue weighted by Crippen LogP contribution is -2.12. The van der Waals surface area contributed by atoms with Gasteiger partial charge in [0.1, 0.15) is 0 Å². The first kappa shape index (κ1) is 16.9. The first-order chi connectivity index (χ1) is 11.5. The molecule has 2 N–H and O–H groups in total. The maximum Gasteiger partial charge on any atom is 0.224 e. The quantitative estimate of drug-likeness (QED) is 0.840. The molecular weight excluding hydrogens is 322 g/mol. The molecule has 0 unspecified atom stereocenters. The monoisotopic (exact) mass is 345 g/mol. The molecule has 2 amide bonds. The first-order valence-corrected chi connectivity index (χ1v) is 9.31. The zero-order chi connectivity index (χ0) is 17.1. The predicted molar refractivity (Wildman–Crippen MR) is 98.5 cm³/mol. The van der Waals surface area contributed by atoms with E-state index in [9.17, 15) is 9.59 Å². The summed E-state index contributed by atoms with van der Waals surface area (Å²) in [5, 5.41) is 6.30. The lowest BCUT2D eigenvalue weighted by Gasteiger charge is -2.09. The maximum atomic E-state index is 12.2. The molecule has 5 nitrogen and oxygen atoms in total. The molecule has 0 atom stereocenters. The number of hydrogen-bond donors (Lipinski definition) is 2. The Morgan fingerprint density at radius 1 is 1.25 bits per heavy atom. The molecule has 0 saturated heterocycles. The van der Waals surface area contributed by atoms with Crippen molar-refractivity contribution >= 4 is 44.2 Å². The molecule has 3 rings (SSSR count). The van der Waals surface area contributed by atoms with Crippen LogP contribution in [0.5, 0.6) is 0 Å². The van der Waals surface area contributed by atoms with E-state index in [4.69, 9.17) is 0 Å². The van der Waals surface area contributed by atoms with Crippen molar-refractivity contribution < 1.29 is 9.59 Å². The molecule has 1 aromatic carbocycles. The van der Waals surface area contributed by atoms with Crippen LogP contribution in [0.1, 0.15) is 51.0 Å². The van der Waals surface area contributed by atoms with E-state index >= 15 is 0 Å². The van der Waals surface area contributed by atoms with Crippen LogP contribution >= 0.6 is 11.3 Å². The fraction of sp³-hybridized carbons (Fsp3) is 0.500. The zero-order valence-corrected chi connectivity index (χ0v) is 15.0. The molecule has 0 radical (unpaired) electrons. The van der Waals surface area contributed by atoms with Crippen molar-refractivity contribution in [3.63, 3.8) is 0 Å². The summed E-state index contributed by atoms with van der Waals surface area (Å²) in [4.78, 5) is 27.8. The molecule has 2 aromatic rings. The van der Waals surface area contributed by atoms with Crippen LogP contribution in [0, 0.1) is 12.8 Å². The van der Waals surface area contributed by atoms with Gasteiger partial charge in [0, 0.05) is 19.0 Å². The lowest BCUT2D eigenvalue weighted by molar-refractivity contribution is -0.116. The normalized spacial score (nSPS) is 14.9. The number of rotatable bonds is 5. The Labute approximate surface area is 145 Å². The summed E-state index contributed by atoms with van der Waals surface area (Å²) in [5.74, 6) is 0.668. The van der Waals surface area contributed by atoms with Crippen molar-refractivity contribution in [1.29, 1.82) is 0 Å². The highest BCUT2D eigenvalue weighted by Crippen LogP contribution is 2.32. The molecule has 1 aromatic heterocycles. The van der Waals surface area contributed by atoms with Gasteiger partial charge in [0.2, 0.25) is 11.8 Å². The number of benzene rings is 1. The Balaban J connectivity index is 1.67. The minimum atomic E-state index is -0.132. The average Bonchev–Trinajstić information content (AvgIpc) is 3.13. The Bertz CT molecular complexity index is 763. The maximum absolute atomic E-state index is 12.2. The van der Waals surface area contributed by atoms with Crippen molar-refractivity contribution in [3.05, 3.63) is 17.7 Å². The molecule has 6 heteroatoms. The average molecular weight is 345 g/mol. The Hall–Kier alpha value is -1.95. The minimum Gasteiger partial charge on any atom is -0.326 e. The second-order valence-electron chi connectivity index (χ2n) is 6.58. The van der Waals surface area contributed by atoms with Crippen LogP contribution in [-0.2, 0) is 9.59 Å². The Morgan fingerprint density at radius 3 is 2.71 bits per heavy atom. The number of thiazole rings is 1. The van der Waals surface area contributed by atoms with Gasteiger partial charge in [0.15, 0.2) is 5.13 Å². The zero-order valence-electron chi connectivity index (χ0n) is 14.1. The molecule has 1 saturated carbocycles. The van der Waals surface area contributed by atoms with Crippen molar-refractivity contribution in [3.8, 4) is 0 Å². The van der Waals surface area contributed by atoms with Gasteiger partial charge in [0.25, 0.3) is 0 Å². The van der Waals surface area contributed by atoms with Crippen LogP contribution in [0.25, 0.3) is 10.2 Å². The van der Waals surface area contributed by atoms with E-state index in [1.54, 1.807) is 0 Å². The number of carbonyl (C=O) groups excluding carboxylic acids is 2. The minimum absolute atomic E-state index is 0.0762. The van der Waals surface area contributed by atoms with Crippen LogP contribution in [0.3, 0.4) is 0 Å². The van der Waals surface area contributed by atoms with E-state index in [1.165, 1.54) is 43.9 Å². The van der Waals surface area contributed by atoms with Gasteiger partial charge >= 0.3 is 0 Å². The third-order valence-electron chi connectivity index (χ3n) is 4.51. The molecule has 1 heterocycles. The van der Waals surface area contributed by atoms with E-state index in [2.05, 4.69) is 15.6 Å². The molecular formula is C18H23N3O2S. The number of aromatic nitrogens is 1. The Morgan fingerprint density at radius 2 is 2.00 bits per heavy atom. The number of fused-ring (bicyclic) bond motifs is 1. The fourth-order valence-electron chi connectivity index (χ4n) is 3.33. The fourth-order valence-corrected chi connectivity index (χ4v) is 4.36. The highest BCUT2D eigenvalue weighted by Gasteiger charge is 2.16. The van der Waals surface area contributed by atoms with Crippen molar-refractivity contribution in [2.45, 2.75) is 52.4 Å². The molecule has 128 valence electrons. The van der Waals surface area contributed by atoms with Gasteiger partial charge in [-0.3, -0.25) is 9.59 Å². The number of aryl methyl sites for hydroxylation is 1. The van der Waals surface area contributed by atoms with E-state index < -0.39 is 0 Å². The van der Waals surface area contributed by atoms with Gasteiger partial charge in [0.05, 0.1) is 10.2 Å². The van der Waals surface area contributed by atoms with Gasteiger partial charge < -0.3 is 10.6 Å². The van der Waals surface area contributed by atoms with Crippen molar-refractivity contribution in [1.82, 2.24) is 4.98 Å². The van der Waals surface area contributed by atoms with Gasteiger partial charge in [-0.2, -0.15) is 0 Å². The molecule has 0 spiro atoms. The van der Waals surface area contributed by atoms with E-state index in [1.807, 2.05) is 19.1 Å².